The number of piperidine rings is 2. The third-order valence-corrected chi connectivity index (χ3v) is 7.07. The summed E-state index contributed by atoms with van der Waals surface area (Å²) < 4.78 is 36.1. The Morgan fingerprint density at radius 2 is 2.06 bits per heavy atom. The van der Waals surface area contributed by atoms with Crippen molar-refractivity contribution in [2.24, 2.45) is 5.92 Å². The van der Waals surface area contributed by atoms with E-state index in [2.05, 4.69) is 16.4 Å². The fourth-order valence-corrected chi connectivity index (χ4v) is 5.04. The van der Waals surface area contributed by atoms with E-state index in [1.165, 1.54) is 16.8 Å². The standard InChI is InChI=1S/C20H25N5O5S/c1-31(27,28)25-8-2-4-15(13-25)22-18(26)14-6-9-24(10-7-14)20-16(12-21)23-19(30-20)17-5-3-11-29-17/h3,5,11,14-15H,2,4,6-10,13H2,1H3,(H,22,26). The molecule has 4 rings (SSSR count). The smallest absolute Gasteiger partial charge is 0.266 e. The van der Waals surface area contributed by atoms with Gasteiger partial charge in [0.15, 0.2) is 5.76 Å². The molecule has 0 aliphatic carbocycles. The summed E-state index contributed by atoms with van der Waals surface area (Å²) in [6.07, 6.45) is 5.43. The summed E-state index contributed by atoms with van der Waals surface area (Å²) in [4.78, 5) is 18.9. The largest absolute Gasteiger partial charge is 0.459 e. The lowest BCUT2D eigenvalue weighted by molar-refractivity contribution is -0.126. The zero-order chi connectivity index (χ0) is 22.0. The zero-order valence-electron chi connectivity index (χ0n) is 17.3. The second kappa shape index (κ2) is 8.72. The van der Waals surface area contributed by atoms with E-state index in [1.54, 1.807) is 12.1 Å². The number of furan rings is 1. The molecule has 1 N–H and O–H groups in total. The highest BCUT2D eigenvalue weighted by molar-refractivity contribution is 7.88. The van der Waals surface area contributed by atoms with Gasteiger partial charge in [0.2, 0.25) is 27.5 Å². The first-order valence-corrected chi connectivity index (χ1v) is 12.1. The number of carbonyl (C=O) groups excluding carboxylic acids is 1. The average Bonchev–Trinajstić information content (AvgIpc) is 3.43. The van der Waals surface area contributed by atoms with Gasteiger partial charge in [-0.05, 0) is 37.8 Å². The first kappa shape index (κ1) is 21.4. The second-order valence-corrected chi connectivity index (χ2v) is 9.97. The van der Waals surface area contributed by atoms with Crippen LogP contribution in [-0.4, -0.2) is 62.1 Å². The maximum Gasteiger partial charge on any atom is 0.266 e. The molecular formula is C20H25N5O5S. The van der Waals surface area contributed by atoms with Crippen molar-refractivity contribution in [2.45, 2.75) is 31.7 Å². The van der Waals surface area contributed by atoms with Gasteiger partial charge in [0.1, 0.15) is 6.07 Å². The molecule has 31 heavy (non-hydrogen) atoms. The van der Waals surface area contributed by atoms with Gasteiger partial charge in [0, 0.05) is 38.1 Å². The lowest BCUT2D eigenvalue weighted by Gasteiger charge is -2.34. The Kier molecular flexibility index (Phi) is 6.02. The van der Waals surface area contributed by atoms with Gasteiger partial charge in [-0.15, -0.1) is 0 Å². The van der Waals surface area contributed by atoms with Crippen LogP contribution in [-0.2, 0) is 14.8 Å². The number of nitrogens with one attached hydrogen (secondary N) is 1. The van der Waals surface area contributed by atoms with Gasteiger partial charge in [0.25, 0.3) is 5.89 Å². The molecule has 0 spiro atoms. The molecule has 2 aliphatic rings. The molecule has 0 radical (unpaired) electrons. The molecule has 166 valence electrons. The number of sulfonamides is 1. The molecular weight excluding hydrogens is 422 g/mol. The number of aromatic nitrogens is 1. The van der Waals surface area contributed by atoms with Gasteiger partial charge in [-0.3, -0.25) is 4.79 Å². The van der Waals surface area contributed by atoms with E-state index in [4.69, 9.17) is 8.83 Å². The minimum absolute atomic E-state index is 0.0469. The van der Waals surface area contributed by atoms with Gasteiger partial charge in [0.05, 0.1) is 12.5 Å². The van der Waals surface area contributed by atoms with Crippen molar-refractivity contribution < 1.29 is 22.0 Å². The zero-order valence-corrected chi connectivity index (χ0v) is 18.1. The number of nitrogens with zero attached hydrogens (tertiary/aromatic N) is 4. The third kappa shape index (κ3) is 4.75. The molecule has 1 unspecified atom stereocenters. The van der Waals surface area contributed by atoms with Crippen molar-refractivity contribution in [1.82, 2.24) is 14.6 Å². The molecule has 1 atom stereocenters. The van der Waals surface area contributed by atoms with E-state index < -0.39 is 10.0 Å². The number of rotatable bonds is 5. The molecule has 2 aromatic rings. The van der Waals surface area contributed by atoms with E-state index in [0.717, 1.165) is 12.8 Å². The summed E-state index contributed by atoms with van der Waals surface area (Å²) in [5.74, 6) is 0.887. The topological polar surface area (TPSA) is 133 Å². The fourth-order valence-electron chi connectivity index (χ4n) is 4.13. The van der Waals surface area contributed by atoms with E-state index in [0.29, 0.717) is 50.7 Å². The molecule has 0 saturated carbocycles. The van der Waals surface area contributed by atoms with Crippen LogP contribution in [0.1, 0.15) is 31.4 Å². The van der Waals surface area contributed by atoms with Crippen molar-refractivity contribution in [1.29, 1.82) is 5.26 Å². The molecule has 0 bridgehead atoms. The number of hydrogen-bond acceptors (Lipinski definition) is 8. The summed E-state index contributed by atoms with van der Waals surface area (Å²) in [5, 5.41) is 12.4. The Hall–Kier alpha value is -2.84. The number of nitriles is 1. The van der Waals surface area contributed by atoms with Crippen LogP contribution in [0.2, 0.25) is 0 Å². The molecule has 10 nitrogen and oxygen atoms in total. The number of hydrogen-bond donors (Lipinski definition) is 1. The van der Waals surface area contributed by atoms with Crippen LogP contribution < -0.4 is 10.2 Å². The summed E-state index contributed by atoms with van der Waals surface area (Å²) in [5.41, 5.74) is 0.192. The van der Waals surface area contributed by atoms with Gasteiger partial charge in [-0.1, -0.05) is 0 Å². The van der Waals surface area contributed by atoms with Crippen molar-refractivity contribution in [2.75, 3.05) is 37.3 Å². The van der Waals surface area contributed by atoms with Crippen LogP contribution in [0.25, 0.3) is 11.7 Å². The summed E-state index contributed by atoms with van der Waals surface area (Å²) in [6.45, 7) is 1.93. The molecule has 2 aliphatic heterocycles. The average molecular weight is 448 g/mol. The highest BCUT2D eigenvalue weighted by Gasteiger charge is 2.32. The quantitative estimate of drug-likeness (QED) is 0.730. The number of carbonyl (C=O) groups is 1. The molecule has 4 heterocycles. The lowest BCUT2D eigenvalue weighted by atomic mass is 9.95. The lowest BCUT2D eigenvalue weighted by Crippen LogP contribution is -2.51. The molecule has 2 aromatic heterocycles. The second-order valence-electron chi connectivity index (χ2n) is 7.99. The van der Waals surface area contributed by atoms with E-state index in [1.807, 2.05) is 4.90 Å². The van der Waals surface area contributed by atoms with Crippen LogP contribution in [0.5, 0.6) is 0 Å². The van der Waals surface area contributed by atoms with E-state index in [9.17, 15) is 18.5 Å². The van der Waals surface area contributed by atoms with Crippen LogP contribution in [0.4, 0.5) is 5.88 Å². The predicted octanol–water partition coefficient (Wildman–Crippen LogP) is 1.56. The highest BCUT2D eigenvalue weighted by Crippen LogP contribution is 2.31. The Morgan fingerprint density at radius 1 is 1.29 bits per heavy atom. The van der Waals surface area contributed by atoms with Crippen LogP contribution in [0.3, 0.4) is 0 Å². The summed E-state index contributed by atoms with van der Waals surface area (Å²) in [7, 11) is -3.25. The monoisotopic (exact) mass is 447 g/mol. The Bertz CT molecular complexity index is 1060. The number of oxazole rings is 1. The molecule has 1 amide bonds. The maximum absolute atomic E-state index is 12.8. The predicted molar refractivity (Wildman–Crippen MR) is 111 cm³/mol. The van der Waals surface area contributed by atoms with Gasteiger partial charge in [-0.2, -0.15) is 10.2 Å². The van der Waals surface area contributed by atoms with Crippen LogP contribution in [0, 0.1) is 17.2 Å². The van der Waals surface area contributed by atoms with Gasteiger partial charge in [-0.25, -0.2) is 12.7 Å². The van der Waals surface area contributed by atoms with E-state index >= 15 is 0 Å². The molecule has 0 aromatic carbocycles. The minimum atomic E-state index is -3.25. The molecule has 2 saturated heterocycles. The van der Waals surface area contributed by atoms with Gasteiger partial charge < -0.3 is 19.1 Å². The van der Waals surface area contributed by atoms with Crippen molar-refractivity contribution in [3.63, 3.8) is 0 Å². The number of amides is 1. The van der Waals surface area contributed by atoms with Crippen molar-refractivity contribution in [3.8, 4) is 17.7 Å². The SMILES string of the molecule is CS(=O)(=O)N1CCCC(NC(=O)C2CCN(c3oc(-c4ccco4)nc3C#N)CC2)C1. The summed E-state index contributed by atoms with van der Waals surface area (Å²) in [6, 6.07) is 5.33. The first-order valence-electron chi connectivity index (χ1n) is 10.3. The minimum Gasteiger partial charge on any atom is -0.459 e. The Balaban J connectivity index is 1.35. The van der Waals surface area contributed by atoms with Crippen molar-refractivity contribution in [3.05, 3.63) is 24.1 Å². The fraction of sp³-hybridized carbons (Fsp3) is 0.550. The normalized spacial score (nSPS) is 21.0. The van der Waals surface area contributed by atoms with Crippen molar-refractivity contribution >= 4 is 21.8 Å². The third-order valence-electron chi connectivity index (χ3n) is 5.80. The molecule has 11 heteroatoms. The highest BCUT2D eigenvalue weighted by atomic mass is 32.2. The Labute approximate surface area is 180 Å². The van der Waals surface area contributed by atoms with Crippen LogP contribution in [0.15, 0.2) is 27.2 Å². The first-order chi connectivity index (χ1) is 14.8. The Morgan fingerprint density at radius 3 is 2.71 bits per heavy atom. The van der Waals surface area contributed by atoms with Gasteiger partial charge >= 0.3 is 0 Å². The molecule has 2 fully saturated rings. The maximum atomic E-state index is 12.8. The van der Waals surface area contributed by atoms with Crippen LogP contribution >= 0.6 is 0 Å². The summed E-state index contributed by atoms with van der Waals surface area (Å²) >= 11 is 0. The number of anilines is 1. The van der Waals surface area contributed by atoms with E-state index in [-0.39, 0.29) is 29.5 Å².